The highest BCUT2D eigenvalue weighted by Gasteiger charge is 2.42. The van der Waals surface area contributed by atoms with E-state index in [4.69, 9.17) is 9.88 Å². The van der Waals surface area contributed by atoms with Crippen molar-refractivity contribution < 1.29 is 17.9 Å². The van der Waals surface area contributed by atoms with Crippen LogP contribution in [0, 0.1) is 5.92 Å². The summed E-state index contributed by atoms with van der Waals surface area (Å²) in [7, 11) is -3.48. The minimum Gasteiger partial charge on any atom is -0.460 e. The number of hydrogen-bond acceptors (Lipinski definition) is 4. The van der Waals surface area contributed by atoms with Crippen LogP contribution in [0.4, 0.5) is 0 Å². The van der Waals surface area contributed by atoms with E-state index in [1.807, 2.05) is 0 Å². The highest BCUT2D eigenvalue weighted by Crippen LogP contribution is 2.33. The summed E-state index contributed by atoms with van der Waals surface area (Å²) in [5.41, 5.74) is -0.524. The Morgan fingerprint density at radius 3 is 2.13 bits per heavy atom. The van der Waals surface area contributed by atoms with Crippen LogP contribution in [0.5, 0.6) is 0 Å². The van der Waals surface area contributed by atoms with Gasteiger partial charge in [-0.3, -0.25) is 4.79 Å². The Morgan fingerprint density at radius 2 is 1.80 bits per heavy atom. The average Bonchev–Trinajstić information content (AvgIpc) is 1.72. The number of rotatable bonds is 2. The lowest BCUT2D eigenvalue weighted by molar-refractivity contribution is -0.162. The zero-order chi connectivity index (χ0) is 11.9. The molecule has 5 nitrogen and oxygen atoms in total. The molecule has 1 aliphatic rings. The molecule has 0 unspecified atom stereocenters. The predicted molar refractivity (Wildman–Crippen MR) is 55.5 cm³/mol. The molecule has 6 heteroatoms. The first-order valence-electron chi connectivity index (χ1n) is 4.84. The van der Waals surface area contributed by atoms with Gasteiger partial charge in [0.25, 0.3) is 0 Å². The molecule has 0 amide bonds. The molecule has 0 aliphatic heterocycles. The standard InChI is InChI=1S/C9H17NO4S/c1-9(2,3)14-8(11)6-4-7(5-6)15(10,12)13/h6-7H,4-5H2,1-3H3,(H2,10,12,13). The summed E-state index contributed by atoms with van der Waals surface area (Å²) in [5, 5.41) is 4.38. The molecule has 0 aromatic heterocycles. The molecule has 1 rings (SSSR count). The number of sulfonamides is 1. The van der Waals surface area contributed by atoms with Crippen molar-refractivity contribution in [3.63, 3.8) is 0 Å². The number of carbonyl (C=O) groups is 1. The van der Waals surface area contributed by atoms with Crippen LogP contribution in [0.3, 0.4) is 0 Å². The predicted octanol–water partition coefficient (Wildman–Crippen LogP) is 0.395. The number of primary sulfonamides is 1. The van der Waals surface area contributed by atoms with Gasteiger partial charge in [0.15, 0.2) is 0 Å². The van der Waals surface area contributed by atoms with Crippen LogP contribution < -0.4 is 5.14 Å². The Balaban J connectivity index is 2.43. The van der Waals surface area contributed by atoms with Gasteiger partial charge >= 0.3 is 5.97 Å². The minimum absolute atomic E-state index is 0.285. The van der Waals surface area contributed by atoms with Crippen LogP contribution in [0.2, 0.25) is 0 Å². The SMILES string of the molecule is CC(C)(C)OC(=O)C1CC(S(N)(=O)=O)C1. The molecule has 15 heavy (non-hydrogen) atoms. The summed E-state index contributed by atoms with van der Waals surface area (Å²) >= 11 is 0. The Bertz CT molecular complexity index is 349. The molecule has 0 spiro atoms. The molecule has 1 aliphatic carbocycles. The van der Waals surface area contributed by atoms with Crippen molar-refractivity contribution >= 4 is 16.0 Å². The lowest BCUT2D eigenvalue weighted by Crippen LogP contribution is -2.44. The normalized spacial score (nSPS) is 26.9. The van der Waals surface area contributed by atoms with Crippen LogP contribution in [0.1, 0.15) is 33.6 Å². The highest BCUT2D eigenvalue weighted by atomic mass is 32.2. The second kappa shape index (κ2) is 3.75. The maximum absolute atomic E-state index is 11.5. The van der Waals surface area contributed by atoms with Gasteiger partial charge in [0.2, 0.25) is 10.0 Å². The molecular weight excluding hydrogens is 218 g/mol. The molecule has 1 saturated carbocycles. The topological polar surface area (TPSA) is 86.5 Å². The Hall–Kier alpha value is -0.620. The van der Waals surface area contributed by atoms with Crippen molar-refractivity contribution in [2.24, 2.45) is 11.1 Å². The van der Waals surface area contributed by atoms with E-state index in [2.05, 4.69) is 0 Å². The molecule has 0 atom stereocenters. The number of ether oxygens (including phenoxy) is 1. The van der Waals surface area contributed by atoms with Crippen molar-refractivity contribution in [3.05, 3.63) is 0 Å². The maximum Gasteiger partial charge on any atom is 0.309 e. The van der Waals surface area contributed by atoms with Crippen molar-refractivity contribution in [1.82, 2.24) is 0 Å². The molecule has 0 aromatic carbocycles. The zero-order valence-electron chi connectivity index (χ0n) is 9.19. The fourth-order valence-corrected chi connectivity index (χ4v) is 2.41. The average molecular weight is 235 g/mol. The van der Waals surface area contributed by atoms with E-state index in [0.717, 1.165) is 0 Å². The van der Waals surface area contributed by atoms with Gasteiger partial charge < -0.3 is 4.74 Å². The summed E-state index contributed by atoms with van der Waals surface area (Å²) < 4.78 is 26.9. The Kier molecular flexibility index (Phi) is 3.11. The lowest BCUT2D eigenvalue weighted by atomic mass is 9.85. The van der Waals surface area contributed by atoms with Crippen molar-refractivity contribution in [2.45, 2.75) is 44.5 Å². The van der Waals surface area contributed by atoms with Gasteiger partial charge in [0.1, 0.15) is 5.60 Å². The zero-order valence-corrected chi connectivity index (χ0v) is 10.0. The number of nitrogens with two attached hydrogens (primary N) is 1. The number of carbonyl (C=O) groups excluding carboxylic acids is 1. The molecule has 1 fully saturated rings. The molecule has 2 N–H and O–H groups in total. The highest BCUT2D eigenvalue weighted by molar-refractivity contribution is 7.89. The summed E-state index contributed by atoms with van der Waals surface area (Å²) in [4.78, 5) is 11.5. The van der Waals surface area contributed by atoms with Gasteiger partial charge in [-0.1, -0.05) is 0 Å². The summed E-state index contributed by atoms with van der Waals surface area (Å²) in [6.45, 7) is 5.34. The van der Waals surface area contributed by atoms with E-state index >= 15 is 0 Å². The fourth-order valence-electron chi connectivity index (χ4n) is 1.41. The first kappa shape index (κ1) is 12.4. The van der Waals surface area contributed by atoms with Gasteiger partial charge in [-0.05, 0) is 33.6 Å². The molecular formula is C9H17NO4S. The van der Waals surface area contributed by atoms with E-state index in [-0.39, 0.29) is 24.7 Å². The Labute approximate surface area is 90.0 Å². The minimum atomic E-state index is -3.48. The first-order chi connectivity index (χ1) is 6.59. The lowest BCUT2D eigenvalue weighted by Gasteiger charge is -2.33. The second-order valence-electron chi connectivity index (χ2n) is 4.91. The van der Waals surface area contributed by atoms with E-state index < -0.39 is 20.9 Å². The molecule has 0 radical (unpaired) electrons. The van der Waals surface area contributed by atoms with Gasteiger partial charge in [0, 0.05) is 0 Å². The van der Waals surface area contributed by atoms with Crippen LogP contribution >= 0.6 is 0 Å². The molecule has 0 heterocycles. The molecule has 0 bridgehead atoms. The fraction of sp³-hybridized carbons (Fsp3) is 0.889. The van der Waals surface area contributed by atoms with Gasteiger partial charge in [-0.2, -0.15) is 0 Å². The maximum atomic E-state index is 11.5. The second-order valence-corrected chi connectivity index (χ2v) is 6.76. The van der Waals surface area contributed by atoms with Crippen LogP contribution in [0.15, 0.2) is 0 Å². The van der Waals surface area contributed by atoms with Crippen molar-refractivity contribution in [3.8, 4) is 0 Å². The van der Waals surface area contributed by atoms with Crippen molar-refractivity contribution in [2.75, 3.05) is 0 Å². The number of esters is 1. The van der Waals surface area contributed by atoms with Crippen LogP contribution in [-0.4, -0.2) is 25.2 Å². The Morgan fingerprint density at radius 1 is 1.33 bits per heavy atom. The third-order valence-electron chi connectivity index (χ3n) is 2.30. The summed E-state index contributed by atoms with van der Waals surface area (Å²) in [6.07, 6.45) is 0.571. The molecule has 88 valence electrons. The van der Waals surface area contributed by atoms with Gasteiger partial charge in [-0.25, -0.2) is 13.6 Å². The summed E-state index contributed by atoms with van der Waals surface area (Å²) in [5.74, 6) is -0.644. The van der Waals surface area contributed by atoms with Crippen molar-refractivity contribution in [1.29, 1.82) is 0 Å². The molecule has 0 aromatic rings. The monoisotopic (exact) mass is 235 g/mol. The third-order valence-corrected chi connectivity index (χ3v) is 3.61. The quantitative estimate of drug-likeness (QED) is 0.702. The van der Waals surface area contributed by atoms with Gasteiger partial charge in [-0.15, -0.1) is 0 Å². The van der Waals surface area contributed by atoms with E-state index in [0.29, 0.717) is 0 Å². The number of hydrogen-bond donors (Lipinski definition) is 1. The van der Waals surface area contributed by atoms with E-state index in [9.17, 15) is 13.2 Å². The van der Waals surface area contributed by atoms with E-state index in [1.165, 1.54) is 0 Å². The third kappa shape index (κ3) is 3.46. The van der Waals surface area contributed by atoms with Gasteiger partial charge in [0.05, 0.1) is 11.2 Å². The largest absolute Gasteiger partial charge is 0.460 e. The first-order valence-corrected chi connectivity index (χ1v) is 6.45. The van der Waals surface area contributed by atoms with E-state index in [1.54, 1.807) is 20.8 Å². The van der Waals surface area contributed by atoms with Crippen LogP contribution in [0.25, 0.3) is 0 Å². The smallest absolute Gasteiger partial charge is 0.309 e. The summed E-state index contributed by atoms with van der Waals surface area (Å²) in [6, 6.07) is 0. The van der Waals surface area contributed by atoms with Crippen LogP contribution in [-0.2, 0) is 19.6 Å². The molecule has 0 saturated heterocycles.